The molecule has 352 valence electrons. The number of unbranched alkanes of at least 4 members (excludes halogenated alkanes) is 1. The van der Waals surface area contributed by atoms with Gasteiger partial charge in [-0.15, -0.1) is 0 Å². The van der Waals surface area contributed by atoms with Crippen LogP contribution >= 0.6 is 15.9 Å². The minimum Gasteiger partial charge on any atom is -0.445 e. The number of halogens is 7. The van der Waals surface area contributed by atoms with Gasteiger partial charge in [0.2, 0.25) is 11.8 Å². The van der Waals surface area contributed by atoms with Gasteiger partial charge in [0, 0.05) is 63.0 Å². The molecule has 3 aliphatic heterocycles. The van der Waals surface area contributed by atoms with Crippen molar-refractivity contribution in [3.05, 3.63) is 93.3 Å². The first-order valence-corrected chi connectivity index (χ1v) is 22.5. The van der Waals surface area contributed by atoms with Gasteiger partial charge in [-0.05, 0) is 87.8 Å². The lowest BCUT2D eigenvalue weighted by Gasteiger charge is -2.24. The van der Waals surface area contributed by atoms with Crippen LogP contribution in [0.25, 0.3) is 0 Å². The third-order valence-electron chi connectivity index (χ3n) is 10.8. The fourth-order valence-electron chi connectivity index (χ4n) is 7.74. The zero-order valence-corrected chi connectivity index (χ0v) is 37.7. The van der Waals surface area contributed by atoms with E-state index in [-0.39, 0.29) is 49.2 Å². The standard InChI is InChI=1S/C22H26BrF3N4O3.C22H25F3N4O3/c1-15-9-16(11-17(10-15)22(24,25)26)14-33-21(32)29-7-4-8-30-18(13-29)12-19(28-30)27-20(31)5-2-3-6-23;1-15-9-16(11-17(10-15)22(23,24)25)14-32-21(31)27-6-4-8-29-18(13-27)12-19(26-29)28-7-3-2-5-20(28)30/h9-12H,2-8,13-14H2,1H3,(H,27,28,31);9-12H,2-8,13-14H2,1H3. The molecule has 2 aromatic heterocycles. The van der Waals surface area contributed by atoms with Crippen molar-refractivity contribution < 1.29 is 55.0 Å². The monoisotopic (exact) mass is 980 g/mol. The molecule has 4 amide bonds. The molecule has 1 N–H and O–H groups in total. The lowest BCUT2D eigenvalue weighted by Crippen LogP contribution is -2.35. The van der Waals surface area contributed by atoms with Gasteiger partial charge in [0.05, 0.1) is 35.6 Å². The zero-order chi connectivity index (χ0) is 46.9. The Hall–Kier alpha value is -5.60. The smallest absolute Gasteiger partial charge is 0.416 e. The van der Waals surface area contributed by atoms with Crippen LogP contribution in [0.5, 0.6) is 0 Å². The highest BCUT2D eigenvalue weighted by molar-refractivity contribution is 9.09. The zero-order valence-electron chi connectivity index (χ0n) is 36.1. The average Bonchev–Trinajstić information content (AvgIpc) is 3.68. The van der Waals surface area contributed by atoms with E-state index in [1.807, 2.05) is 6.07 Å². The lowest BCUT2D eigenvalue weighted by atomic mass is 10.1. The van der Waals surface area contributed by atoms with Crippen LogP contribution in [0.4, 0.5) is 47.6 Å². The van der Waals surface area contributed by atoms with Crippen LogP contribution in [-0.4, -0.2) is 78.3 Å². The van der Waals surface area contributed by atoms with E-state index in [1.54, 1.807) is 46.3 Å². The summed E-state index contributed by atoms with van der Waals surface area (Å²) in [5.41, 5.74) is 1.46. The molecule has 0 bridgehead atoms. The number of aryl methyl sites for hydroxylation is 4. The number of alkyl halides is 7. The van der Waals surface area contributed by atoms with Crippen molar-refractivity contribution in [3.8, 4) is 0 Å². The van der Waals surface area contributed by atoms with Gasteiger partial charge in [-0.25, -0.2) is 9.59 Å². The Morgan fingerprint density at radius 2 is 1.22 bits per heavy atom. The maximum Gasteiger partial charge on any atom is 0.416 e. The number of amides is 4. The summed E-state index contributed by atoms with van der Waals surface area (Å²) in [6, 6.07) is 10.8. The normalized spacial score (nSPS) is 15.5. The van der Waals surface area contributed by atoms with E-state index >= 15 is 0 Å². The van der Waals surface area contributed by atoms with Gasteiger partial charge in [0.1, 0.15) is 13.2 Å². The average molecular weight is 982 g/mol. The van der Waals surface area contributed by atoms with Gasteiger partial charge in [-0.1, -0.05) is 39.2 Å². The number of rotatable bonds is 10. The van der Waals surface area contributed by atoms with Gasteiger partial charge < -0.3 is 24.6 Å². The molecule has 7 rings (SSSR count). The number of ether oxygens (including phenoxy) is 2. The molecule has 0 aliphatic carbocycles. The molecule has 0 unspecified atom stereocenters. The molecular formula is C44H51BrF6N8O6. The Bertz CT molecular complexity index is 2330. The van der Waals surface area contributed by atoms with Crippen LogP contribution in [0.1, 0.15) is 96.1 Å². The summed E-state index contributed by atoms with van der Waals surface area (Å²) in [5, 5.41) is 12.6. The van der Waals surface area contributed by atoms with E-state index in [9.17, 15) is 45.5 Å². The van der Waals surface area contributed by atoms with Gasteiger partial charge in [0.25, 0.3) is 0 Å². The number of hydrogen-bond acceptors (Lipinski definition) is 8. The van der Waals surface area contributed by atoms with E-state index in [4.69, 9.17) is 9.47 Å². The second-order valence-corrected chi connectivity index (χ2v) is 17.0. The molecule has 21 heteroatoms. The Balaban J connectivity index is 0.000000215. The fourth-order valence-corrected chi connectivity index (χ4v) is 8.14. The van der Waals surface area contributed by atoms with Crippen LogP contribution in [0.2, 0.25) is 0 Å². The quantitative estimate of drug-likeness (QED) is 0.0941. The molecule has 1 fully saturated rings. The molecule has 0 spiro atoms. The van der Waals surface area contributed by atoms with Crippen molar-refractivity contribution in [2.24, 2.45) is 0 Å². The summed E-state index contributed by atoms with van der Waals surface area (Å²) in [7, 11) is 0. The van der Waals surface area contributed by atoms with E-state index in [1.165, 1.54) is 9.80 Å². The van der Waals surface area contributed by atoms with E-state index in [0.29, 0.717) is 81.2 Å². The second-order valence-electron chi connectivity index (χ2n) is 16.2. The van der Waals surface area contributed by atoms with Crippen molar-refractivity contribution >= 4 is 51.6 Å². The topological polar surface area (TPSA) is 144 Å². The number of hydrogen-bond donors (Lipinski definition) is 1. The molecule has 14 nitrogen and oxygen atoms in total. The maximum absolute atomic E-state index is 13.0. The summed E-state index contributed by atoms with van der Waals surface area (Å²) in [6.07, 6.45) is -4.43. The van der Waals surface area contributed by atoms with Crippen molar-refractivity contribution in [1.82, 2.24) is 29.4 Å². The Morgan fingerprint density at radius 3 is 1.74 bits per heavy atom. The van der Waals surface area contributed by atoms with E-state index < -0.39 is 35.7 Å². The van der Waals surface area contributed by atoms with Crippen molar-refractivity contribution in [2.45, 2.75) is 117 Å². The van der Waals surface area contributed by atoms with E-state index in [0.717, 1.165) is 66.7 Å². The highest BCUT2D eigenvalue weighted by Crippen LogP contribution is 2.32. The second kappa shape index (κ2) is 21.6. The summed E-state index contributed by atoms with van der Waals surface area (Å²) in [4.78, 5) is 54.2. The number of anilines is 2. The first-order valence-electron chi connectivity index (χ1n) is 21.3. The Kier molecular flexibility index (Phi) is 16.2. The molecule has 3 aliphatic rings. The number of nitrogens with zero attached hydrogens (tertiary/aromatic N) is 7. The Labute approximate surface area is 380 Å². The number of piperidine rings is 1. The third-order valence-corrected chi connectivity index (χ3v) is 11.4. The molecule has 0 saturated carbocycles. The predicted octanol–water partition coefficient (Wildman–Crippen LogP) is 9.53. The minimum absolute atomic E-state index is 0.0529. The highest BCUT2D eigenvalue weighted by atomic mass is 79.9. The molecule has 0 atom stereocenters. The maximum atomic E-state index is 13.0. The molecule has 5 heterocycles. The summed E-state index contributed by atoms with van der Waals surface area (Å²) in [5.74, 6) is 0.969. The largest absolute Gasteiger partial charge is 0.445 e. The summed E-state index contributed by atoms with van der Waals surface area (Å²) < 4.78 is 92.4. The first-order chi connectivity index (χ1) is 30.9. The molecule has 1 saturated heterocycles. The number of aromatic nitrogens is 4. The molecule has 4 aromatic rings. The first kappa shape index (κ1) is 48.8. The Morgan fingerprint density at radius 1 is 0.677 bits per heavy atom. The van der Waals surface area contributed by atoms with Crippen LogP contribution in [-0.2, 0) is 70.8 Å². The molecular weight excluding hydrogens is 930 g/mol. The number of nitrogens with one attached hydrogen (secondary N) is 1. The van der Waals surface area contributed by atoms with Crippen LogP contribution in [0.15, 0.2) is 48.5 Å². The predicted molar refractivity (Wildman–Crippen MR) is 230 cm³/mol. The highest BCUT2D eigenvalue weighted by Gasteiger charge is 2.33. The van der Waals surface area contributed by atoms with Crippen LogP contribution in [0.3, 0.4) is 0 Å². The van der Waals surface area contributed by atoms with Crippen LogP contribution in [0, 0.1) is 13.8 Å². The number of benzene rings is 2. The SMILES string of the molecule is Cc1cc(COC(=O)N2CCCn3nc(N4CCCCC4=O)cc3C2)cc(C(F)(F)F)c1.Cc1cc(COC(=O)N2CCCn3nc(NC(=O)CCCCBr)cc3C2)cc(C(F)(F)F)c1. The summed E-state index contributed by atoms with van der Waals surface area (Å²) >= 11 is 3.33. The molecule has 0 radical (unpaired) electrons. The number of fused-ring (bicyclic) bond motifs is 2. The lowest BCUT2D eigenvalue weighted by molar-refractivity contribution is -0.138. The number of carbonyl (C=O) groups is 4. The van der Waals surface area contributed by atoms with Gasteiger partial charge >= 0.3 is 24.5 Å². The van der Waals surface area contributed by atoms with E-state index in [2.05, 4.69) is 31.4 Å². The van der Waals surface area contributed by atoms with Gasteiger partial charge in [0.15, 0.2) is 11.6 Å². The fraction of sp³-hybridized carbons (Fsp3) is 0.500. The molecule has 65 heavy (non-hydrogen) atoms. The van der Waals surface area contributed by atoms with Gasteiger partial charge in [-0.2, -0.15) is 36.5 Å². The number of carbonyl (C=O) groups excluding carboxylic acids is 4. The van der Waals surface area contributed by atoms with Crippen molar-refractivity contribution in [2.75, 3.05) is 35.2 Å². The van der Waals surface area contributed by atoms with Crippen LogP contribution < -0.4 is 10.2 Å². The minimum atomic E-state index is -4.46. The third kappa shape index (κ3) is 13.7. The van der Waals surface area contributed by atoms with Crippen molar-refractivity contribution in [3.63, 3.8) is 0 Å². The summed E-state index contributed by atoms with van der Waals surface area (Å²) in [6.45, 7) is 5.82. The van der Waals surface area contributed by atoms with Crippen molar-refractivity contribution in [1.29, 1.82) is 0 Å². The van der Waals surface area contributed by atoms with Gasteiger partial charge in [-0.3, -0.25) is 23.9 Å². The molecule has 2 aromatic carbocycles.